The third kappa shape index (κ3) is 7.20. The first-order valence-electron chi connectivity index (χ1n) is 10.4. The second-order valence-electron chi connectivity index (χ2n) is 6.87. The smallest absolute Gasteiger partial charge is 0.248 e. The molecule has 1 fully saturated rings. The molecule has 0 unspecified atom stereocenters. The Balaban J connectivity index is 0.00000136. The summed E-state index contributed by atoms with van der Waals surface area (Å²) in [7, 11) is 0. The van der Waals surface area contributed by atoms with Gasteiger partial charge in [-0.05, 0) is 42.2 Å². The van der Waals surface area contributed by atoms with Gasteiger partial charge in [-0.25, -0.2) is 0 Å². The third-order valence-corrected chi connectivity index (χ3v) is 4.83. The number of anilines is 2. The van der Waals surface area contributed by atoms with Crippen LogP contribution in [0.5, 0.6) is 0 Å². The van der Waals surface area contributed by atoms with Crippen LogP contribution in [-0.4, -0.2) is 11.9 Å². The number of carbonyl (C=O) groups is 1. The van der Waals surface area contributed by atoms with Crippen molar-refractivity contribution < 1.29 is 4.79 Å². The monoisotopic (exact) mass is 379 g/mol. The van der Waals surface area contributed by atoms with Crippen molar-refractivity contribution in [3.63, 3.8) is 0 Å². The molecule has 1 saturated carbocycles. The van der Waals surface area contributed by atoms with Gasteiger partial charge in [0, 0.05) is 18.7 Å². The van der Waals surface area contributed by atoms with Gasteiger partial charge in [0.15, 0.2) is 0 Å². The molecule has 0 heterocycles. The topological polar surface area (TPSA) is 67.1 Å². The molecule has 2 aromatic carbocycles. The molecular formula is C24H33N3O. The normalized spacial score (nSPS) is 14.4. The summed E-state index contributed by atoms with van der Waals surface area (Å²) >= 11 is 0. The van der Waals surface area contributed by atoms with E-state index in [4.69, 9.17) is 5.73 Å². The number of carbonyl (C=O) groups excluding carboxylic acids is 1. The number of nitrogens with two attached hydrogens (primary N) is 1. The van der Waals surface area contributed by atoms with Crippen LogP contribution < -0.4 is 16.4 Å². The SMILES string of the molecule is CC.Nc1ccccc1NC(=O)/C=C/c1ccc(CNC2CCCCC2)cc1. The molecule has 0 aromatic heterocycles. The minimum absolute atomic E-state index is 0.189. The van der Waals surface area contributed by atoms with Crippen LogP contribution >= 0.6 is 0 Å². The van der Waals surface area contributed by atoms with E-state index in [0.29, 0.717) is 17.4 Å². The predicted octanol–water partition coefficient (Wildman–Crippen LogP) is 5.37. The molecule has 0 radical (unpaired) electrons. The van der Waals surface area contributed by atoms with Gasteiger partial charge >= 0.3 is 0 Å². The molecular weight excluding hydrogens is 346 g/mol. The molecule has 4 nitrogen and oxygen atoms in total. The number of para-hydroxylation sites is 2. The summed E-state index contributed by atoms with van der Waals surface area (Å²) < 4.78 is 0. The summed E-state index contributed by atoms with van der Waals surface area (Å²) in [6.45, 7) is 4.91. The first-order chi connectivity index (χ1) is 13.7. The predicted molar refractivity (Wildman–Crippen MR) is 120 cm³/mol. The highest BCUT2D eigenvalue weighted by atomic mass is 16.1. The molecule has 0 saturated heterocycles. The molecule has 0 bridgehead atoms. The Kier molecular flexibility index (Phi) is 9.29. The number of amides is 1. The molecule has 28 heavy (non-hydrogen) atoms. The van der Waals surface area contributed by atoms with Gasteiger partial charge in [0.2, 0.25) is 5.91 Å². The van der Waals surface area contributed by atoms with Crippen molar-refractivity contribution in [3.8, 4) is 0 Å². The first-order valence-corrected chi connectivity index (χ1v) is 10.4. The average Bonchev–Trinajstić information content (AvgIpc) is 2.75. The van der Waals surface area contributed by atoms with E-state index in [9.17, 15) is 4.79 Å². The molecule has 1 amide bonds. The fourth-order valence-electron chi connectivity index (χ4n) is 3.27. The van der Waals surface area contributed by atoms with E-state index in [1.807, 2.05) is 44.2 Å². The third-order valence-electron chi connectivity index (χ3n) is 4.83. The lowest BCUT2D eigenvalue weighted by Gasteiger charge is -2.22. The second-order valence-corrected chi connectivity index (χ2v) is 6.87. The van der Waals surface area contributed by atoms with Crippen molar-refractivity contribution >= 4 is 23.4 Å². The number of nitrogen functional groups attached to an aromatic ring is 1. The Morgan fingerprint density at radius 1 is 1.04 bits per heavy atom. The van der Waals surface area contributed by atoms with Crippen molar-refractivity contribution in [3.05, 3.63) is 65.7 Å². The molecule has 150 valence electrons. The fraction of sp³-hybridized carbons (Fsp3) is 0.375. The van der Waals surface area contributed by atoms with Crippen molar-refractivity contribution in [2.45, 2.75) is 58.5 Å². The zero-order valence-corrected chi connectivity index (χ0v) is 17.1. The summed E-state index contributed by atoms with van der Waals surface area (Å²) in [6, 6.07) is 16.2. The van der Waals surface area contributed by atoms with Gasteiger partial charge in [0.25, 0.3) is 0 Å². The second kappa shape index (κ2) is 12.0. The highest BCUT2D eigenvalue weighted by Gasteiger charge is 2.12. The summed E-state index contributed by atoms with van der Waals surface area (Å²) in [4.78, 5) is 12.0. The van der Waals surface area contributed by atoms with Crippen molar-refractivity contribution in [2.75, 3.05) is 11.1 Å². The Morgan fingerprint density at radius 3 is 2.39 bits per heavy atom. The lowest BCUT2D eigenvalue weighted by Crippen LogP contribution is -2.30. The van der Waals surface area contributed by atoms with Crippen LogP contribution in [0.1, 0.15) is 57.1 Å². The van der Waals surface area contributed by atoms with E-state index >= 15 is 0 Å². The molecule has 0 atom stereocenters. The van der Waals surface area contributed by atoms with Gasteiger partial charge in [-0.15, -0.1) is 0 Å². The van der Waals surface area contributed by atoms with Crippen LogP contribution in [0.25, 0.3) is 6.08 Å². The van der Waals surface area contributed by atoms with Gasteiger partial charge in [-0.3, -0.25) is 4.79 Å². The quantitative estimate of drug-likeness (QED) is 0.467. The van der Waals surface area contributed by atoms with Crippen molar-refractivity contribution in [2.24, 2.45) is 0 Å². The maximum absolute atomic E-state index is 12.0. The van der Waals surface area contributed by atoms with Crippen molar-refractivity contribution in [1.29, 1.82) is 0 Å². The van der Waals surface area contributed by atoms with E-state index in [0.717, 1.165) is 12.1 Å². The van der Waals surface area contributed by atoms with E-state index in [1.165, 1.54) is 43.7 Å². The summed E-state index contributed by atoms with van der Waals surface area (Å²) in [5.74, 6) is -0.189. The zero-order valence-electron chi connectivity index (χ0n) is 17.1. The Morgan fingerprint density at radius 2 is 1.71 bits per heavy atom. The van der Waals surface area contributed by atoms with E-state index < -0.39 is 0 Å². The lowest BCUT2D eigenvalue weighted by molar-refractivity contribution is -0.111. The Hall–Kier alpha value is -2.59. The van der Waals surface area contributed by atoms with Gasteiger partial charge in [0.1, 0.15) is 0 Å². The van der Waals surface area contributed by atoms with Gasteiger partial charge in [-0.2, -0.15) is 0 Å². The molecule has 3 rings (SSSR count). The lowest BCUT2D eigenvalue weighted by atomic mass is 9.95. The maximum Gasteiger partial charge on any atom is 0.248 e. The van der Waals surface area contributed by atoms with E-state index in [2.05, 4.69) is 22.8 Å². The largest absolute Gasteiger partial charge is 0.397 e. The Labute approximate surface area is 169 Å². The van der Waals surface area contributed by atoms with E-state index in [-0.39, 0.29) is 5.91 Å². The molecule has 0 aliphatic heterocycles. The van der Waals surface area contributed by atoms with Gasteiger partial charge in [-0.1, -0.05) is 69.5 Å². The zero-order chi connectivity index (χ0) is 20.2. The van der Waals surface area contributed by atoms with Crippen LogP contribution in [0, 0.1) is 0 Å². The molecule has 4 heteroatoms. The Bertz CT molecular complexity index is 747. The fourth-order valence-corrected chi connectivity index (χ4v) is 3.27. The van der Waals surface area contributed by atoms with E-state index in [1.54, 1.807) is 12.1 Å². The number of benzene rings is 2. The van der Waals surface area contributed by atoms with Gasteiger partial charge < -0.3 is 16.4 Å². The number of nitrogens with one attached hydrogen (secondary N) is 2. The van der Waals surface area contributed by atoms with Crippen LogP contribution in [0.3, 0.4) is 0 Å². The molecule has 4 N–H and O–H groups in total. The average molecular weight is 380 g/mol. The van der Waals surface area contributed by atoms with Crippen molar-refractivity contribution in [1.82, 2.24) is 5.32 Å². The highest BCUT2D eigenvalue weighted by Crippen LogP contribution is 2.18. The van der Waals surface area contributed by atoms with Crippen LogP contribution in [0.2, 0.25) is 0 Å². The molecule has 2 aromatic rings. The standard InChI is InChI=1S/C22H27N3O.C2H6/c23-20-8-4-5-9-21(20)25-22(26)15-14-17-10-12-18(13-11-17)16-24-19-6-2-1-3-7-19;1-2/h4-5,8-15,19,24H,1-3,6-7,16,23H2,(H,25,26);1-2H3/b15-14+;. The molecule has 1 aliphatic carbocycles. The molecule has 1 aliphatic rings. The molecule has 0 spiro atoms. The summed E-state index contributed by atoms with van der Waals surface area (Å²) in [5, 5.41) is 6.43. The number of hydrogen-bond donors (Lipinski definition) is 3. The maximum atomic E-state index is 12.0. The van der Waals surface area contributed by atoms with Gasteiger partial charge in [0.05, 0.1) is 11.4 Å². The minimum atomic E-state index is -0.189. The minimum Gasteiger partial charge on any atom is -0.397 e. The van der Waals surface area contributed by atoms with Crippen LogP contribution in [-0.2, 0) is 11.3 Å². The van der Waals surface area contributed by atoms with Crippen LogP contribution in [0.4, 0.5) is 11.4 Å². The highest BCUT2D eigenvalue weighted by molar-refractivity contribution is 6.03. The summed E-state index contributed by atoms with van der Waals surface area (Å²) in [6.07, 6.45) is 10.00. The summed E-state index contributed by atoms with van der Waals surface area (Å²) in [5.41, 5.74) is 9.30. The number of rotatable bonds is 6. The number of hydrogen-bond acceptors (Lipinski definition) is 3. The van der Waals surface area contributed by atoms with Crippen LogP contribution in [0.15, 0.2) is 54.6 Å². The first kappa shape index (κ1) is 21.7.